The molecule has 43 heavy (non-hydrogen) atoms. The van der Waals surface area contributed by atoms with E-state index in [4.69, 9.17) is 21.4 Å². The van der Waals surface area contributed by atoms with Crippen molar-refractivity contribution in [1.29, 1.82) is 0 Å². The van der Waals surface area contributed by atoms with Crippen LogP contribution >= 0.6 is 11.6 Å². The minimum absolute atomic E-state index is 0.0812. The number of aliphatic hydroxyl groups is 5. The molecule has 0 bridgehead atoms. The van der Waals surface area contributed by atoms with Crippen LogP contribution in [0.4, 0.5) is 5.95 Å². The van der Waals surface area contributed by atoms with Gasteiger partial charge in [0.25, 0.3) is 0 Å². The van der Waals surface area contributed by atoms with Gasteiger partial charge in [-0.25, -0.2) is 9.97 Å². The smallest absolute Gasteiger partial charge is 0.225 e. The van der Waals surface area contributed by atoms with E-state index >= 15 is 0 Å². The van der Waals surface area contributed by atoms with Crippen LogP contribution in [0.3, 0.4) is 0 Å². The number of aromatic nitrogens is 3. The van der Waals surface area contributed by atoms with E-state index in [1.165, 1.54) is 0 Å². The van der Waals surface area contributed by atoms with Crippen LogP contribution in [0.2, 0.25) is 5.02 Å². The van der Waals surface area contributed by atoms with Gasteiger partial charge in [-0.1, -0.05) is 11.6 Å². The molecule has 4 rings (SSSR count). The van der Waals surface area contributed by atoms with Crippen molar-refractivity contribution in [2.75, 3.05) is 63.9 Å². The Bertz CT molecular complexity index is 1100. The highest BCUT2D eigenvalue weighted by atomic mass is 35.5. The first-order valence-electron chi connectivity index (χ1n) is 14.8. The number of hydrogen-bond donors (Lipinski definition) is 5. The molecular formula is C29H43ClN6O7. The minimum atomic E-state index is -1.65. The molecule has 2 aromatic rings. The second-order valence-corrected chi connectivity index (χ2v) is 11.7. The molecule has 2 fully saturated rings. The Morgan fingerprint density at radius 2 is 1.60 bits per heavy atom. The Hall–Kier alpha value is -2.49. The molecule has 0 saturated carbocycles. The maximum atomic E-state index is 12.0. The van der Waals surface area contributed by atoms with E-state index in [1.54, 1.807) is 18.6 Å². The van der Waals surface area contributed by atoms with Crippen molar-refractivity contribution in [3.8, 4) is 5.75 Å². The fourth-order valence-electron chi connectivity index (χ4n) is 5.61. The molecule has 1 unspecified atom stereocenters. The summed E-state index contributed by atoms with van der Waals surface area (Å²) in [5.41, 5.74) is 0.629. The normalized spacial score (nSPS) is 20.7. The lowest BCUT2D eigenvalue weighted by atomic mass is 9.92. The lowest BCUT2D eigenvalue weighted by Gasteiger charge is -2.38. The van der Waals surface area contributed by atoms with Crippen molar-refractivity contribution in [3.63, 3.8) is 0 Å². The average molecular weight is 623 g/mol. The number of piperidine rings is 1. The number of pyridine rings is 1. The van der Waals surface area contributed by atoms with Crippen molar-refractivity contribution >= 4 is 23.8 Å². The van der Waals surface area contributed by atoms with Crippen LogP contribution in [0.1, 0.15) is 37.4 Å². The molecule has 2 aliphatic rings. The highest BCUT2D eigenvalue weighted by molar-refractivity contribution is 6.30. The van der Waals surface area contributed by atoms with Gasteiger partial charge in [0.2, 0.25) is 5.95 Å². The topological polar surface area (TPSA) is 176 Å². The van der Waals surface area contributed by atoms with Gasteiger partial charge < -0.3 is 40.0 Å². The second-order valence-electron chi connectivity index (χ2n) is 11.3. The van der Waals surface area contributed by atoms with Crippen LogP contribution < -0.4 is 9.64 Å². The number of piperazine rings is 1. The fraction of sp³-hybridized carbons (Fsp3) is 0.655. The molecule has 5 atom stereocenters. The summed E-state index contributed by atoms with van der Waals surface area (Å²) in [6, 6.07) is 3.13. The molecule has 5 N–H and O–H groups in total. The van der Waals surface area contributed by atoms with Gasteiger partial charge in [-0.3, -0.25) is 14.8 Å². The summed E-state index contributed by atoms with van der Waals surface area (Å²) in [7, 11) is 0. The molecule has 0 aromatic carbocycles. The molecule has 0 spiro atoms. The van der Waals surface area contributed by atoms with Gasteiger partial charge in [0, 0.05) is 45.8 Å². The first-order valence-corrected chi connectivity index (χ1v) is 15.2. The number of β-amino-alcohol motifs (C(OH)–C–C–N with tert-alkyl or cyclic N) is 1. The maximum Gasteiger partial charge on any atom is 0.225 e. The van der Waals surface area contributed by atoms with Gasteiger partial charge in [0.1, 0.15) is 36.4 Å². The first-order chi connectivity index (χ1) is 20.8. The monoisotopic (exact) mass is 622 g/mol. The molecule has 238 valence electrons. The lowest BCUT2D eigenvalue weighted by molar-refractivity contribution is -0.122. The van der Waals surface area contributed by atoms with Gasteiger partial charge in [0.05, 0.1) is 48.6 Å². The van der Waals surface area contributed by atoms with E-state index in [9.17, 15) is 25.2 Å². The lowest BCUT2D eigenvalue weighted by Crippen LogP contribution is -2.54. The number of hydrogen-bond acceptors (Lipinski definition) is 13. The van der Waals surface area contributed by atoms with Crippen LogP contribution in [0.25, 0.3) is 0 Å². The molecule has 0 aliphatic carbocycles. The van der Waals surface area contributed by atoms with Gasteiger partial charge in [-0.05, 0) is 43.7 Å². The van der Waals surface area contributed by atoms with E-state index in [-0.39, 0.29) is 6.54 Å². The number of rotatable bonds is 15. The molecule has 0 radical (unpaired) electrons. The fourth-order valence-corrected chi connectivity index (χ4v) is 5.70. The number of halogens is 1. The highest BCUT2D eigenvalue weighted by Crippen LogP contribution is 2.25. The van der Waals surface area contributed by atoms with Crippen LogP contribution in [0.5, 0.6) is 5.75 Å². The number of carbonyl (C=O) groups excluding carboxylic acids is 1. The van der Waals surface area contributed by atoms with Crippen molar-refractivity contribution in [1.82, 2.24) is 24.8 Å². The van der Waals surface area contributed by atoms with E-state index in [2.05, 4.69) is 19.9 Å². The van der Waals surface area contributed by atoms with Crippen molar-refractivity contribution < 1.29 is 35.1 Å². The van der Waals surface area contributed by atoms with Gasteiger partial charge in [-0.2, -0.15) is 0 Å². The van der Waals surface area contributed by atoms with Gasteiger partial charge in [-0.15, -0.1) is 0 Å². The quantitative estimate of drug-likeness (QED) is 0.132. The Morgan fingerprint density at radius 1 is 0.930 bits per heavy atom. The Kier molecular flexibility index (Phi) is 12.9. The summed E-state index contributed by atoms with van der Waals surface area (Å²) in [6.07, 6.45) is 3.89. The standard InChI is InChI=1S/C29H43ClN6O7/c30-21-14-32-29(33-15-21)36-7-5-20(6-8-36)2-1-13-43-22-3-4-23(31-16-22)24(18-37)35-11-9-34(10-12-35)17-25(39)27(41)28(42)26(40)19-38/h3-4,14-16,18,20,24-28,38-42H,1-2,5-13,17,19H2/t24?,25-,26+,27+,28+/m0/s1. The van der Waals surface area contributed by atoms with Crippen LogP contribution in [-0.4, -0.2) is 140 Å². The molecule has 2 aliphatic heterocycles. The average Bonchev–Trinajstić information content (AvgIpc) is 3.04. The van der Waals surface area contributed by atoms with E-state index < -0.39 is 37.1 Å². The number of aldehydes is 1. The molecule has 2 aromatic heterocycles. The third-order valence-electron chi connectivity index (χ3n) is 8.29. The van der Waals surface area contributed by atoms with Gasteiger partial charge in [0.15, 0.2) is 0 Å². The number of ether oxygens (including phenoxy) is 1. The van der Waals surface area contributed by atoms with E-state index in [1.807, 2.05) is 21.9 Å². The number of aliphatic hydroxyl groups excluding tert-OH is 5. The van der Waals surface area contributed by atoms with E-state index in [0.29, 0.717) is 55.2 Å². The predicted octanol–water partition coefficient (Wildman–Crippen LogP) is -0.106. The van der Waals surface area contributed by atoms with E-state index in [0.717, 1.165) is 51.0 Å². The maximum absolute atomic E-state index is 12.0. The summed E-state index contributed by atoms with van der Waals surface area (Å²) < 4.78 is 5.92. The van der Waals surface area contributed by atoms with Gasteiger partial charge >= 0.3 is 0 Å². The van der Waals surface area contributed by atoms with Crippen molar-refractivity contribution in [3.05, 3.63) is 41.4 Å². The third kappa shape index (κ3) is 9.50. The Morgan fingerprint density at radius 3 is 2.21 bits per heavy atom. The Balaban J connectivity index is 1.14. The largest absolute Gasteiger partial charge is 0.492 e. The number of carbonyl (C=O) groups is 1. The zero-order valence-corrected chi connectivity index (χ0v) is 25.0. The molecular weight excluding hydrogens is 580 g/mol. The van der Waals surface area contributed by atoms with Crippen molar-refractivity contribution in [2.45, 2.75) is 56.1 Å². The third-order valence-corrected chi connectivity index (χ3v) is 8.49. The summed E-state index contributed by atoms with van der Waals surface area (Å²) in [4.78, 5) is 31.2. The van der Waals surface area contributed by atoms with Crippen LogP contribution in [0.15, 0.2) is 30.7 Å². The predicted molar refractivity (Wildman–Crippen MR) is 159 cm³/mol. The Labute approximate surface area is 256 Å². The summed E-state index contributed by atoms with van der Waals surface area (Å²) in [6.45, 7) is 3.95. The first kappa shape index (κ1) is 33.4. The minimum Gasteiger partial charge on any atom is -0.492 e. The van der Waals surface area contributed by atoms with Crippen molar-refractivity contribution in [2.24, 2.45) is 5.92 Å². The molecule has 2 saturated heterocycles. The van der Waals surface area contributed by atoms with Crippen LogP contribution in [-0.2, 0) is 4.79 Å². The summed E-state index contributed by atoms with van der Waals surface area (Å²) in [5.74, 6) is 2.03. The zero-order valence-electron chi connectivity index (χ0n) is 24.2. The van der Waals surface area contributed by atoms with Crippen LogP contribution in [0, 0.1) is 5.92 Å². The molecule has 13 nitrogen and oxygen atoms in total. The number of nitrogens with zero attached hydrogens (tertiary/aromatic N) is 6. The molecule has 0 amide bonds. The summed E-state index contributed by atoms with van der Waals surface area (Å²) in [5, 5.41) is 49.1. The zero-order chi connectivity index (χ0) is 30.8. The SMILES string of the molecule is O=CC(c1ccc(OCCCC2CCN(c3ncc(Cl)cn3)CC2)cn1)N1CCN(C[C@H](O)[C@@H](O)[C@H](O)[C@H](O)CO)CC1. The molecule has 14 heteroatoms. The highest BCUT2D eigenvalue weighted by Gasteiger charge is 2.33. The molecule has 4 heterocycles. The second kappa shape index (κ2) is 16.5. The number of anilines is 1. The summed E-state index contributed by atoms with van der Waals surface area (Å²) >= 11 is 5.89.